The molecule has 3 heterocycles. The first-order chi connectivity index (χ1) is 9.69. The predicted octanol–water partition coefficient (Wildman–Crippen LogP) is 2.98. The highest BCUT2D eigenvalue weighted by molar-refractivity contribution is 7.18. The first-order valence-electron chi connectivity index (χ1n) is 6.67. The van der Waals surface area contributed by atoms with Crippen LogP contribution in [0.3, 0.4) is 0 Å². The van der Waals surface area contributed by atoms with Gasteiger partial charge in [-0.05, 0) is 32.4 Å². The van der Waals surface area contributed by atoms with Crippen LogP contribution in [0.25, 0.3) is 10.2 Å². The van der Waals surface area contributed by atoms with Gasteiger partial charge >= 0.3 is 0 Å². The number of aromatic nitrogens is 4. The van der Waals surface area contributed by atoms with Crippen LogP contribution < -0.4 is 5.32 Å². The molecule has 0 fully saturated rings. The topological polar surface area (TPSA) is 55.6 Å². The highest BCUT2D eigenvalue weighted by Crippen LogP contribution is 2.33. The van der Waals surface area contributed by atoms with Crippen molar-refractivity contribution >= 4 is 27.4 Å². The number of nitrogens with zero attached hydrogens (tertiary/aromatic N) is 4. The van der Waals surface area contributed by atoms with Crippen LogP contribution in [-0.4, -0.2) is 26.3 Å². The van der Waals surface area contributed by atoms with Gasteiger partial charge in [0, 0.05) is 23.8 Å². The van der Waals surface area contributed by atoms with E-state index in [2.05, 4.69) is 41.2 Å². The van der Waals surface area contributed by atoms with Crippen LogP contribution in [0.1, 0.15) is 23.2 Å². The zero-order valence-electron chi connectivity index (χ0n) is 11.8. The van der Waals surface area contributed by atoms with Gasteiger partial charge in [-0.2, -0.15) is 5.10 Å². The van der Waals surface area contributed by atoms with E-state index in [1.807, 2.05) is 16.9 Å². The van der Waals surface area contributed by atoms with Gasteiger partial charge in [0.15, 0.2) is 5.82 Å². The zero-order valence-corrected chi connectivity index (χ0v) is 12.7. The van der Waals surface area contributed by atoms with Crippen molar-refractivity contribution in [3.63, 3.8) is 0 Å². The second kappa shape index (κ2) is 5.20. The SMILES string of the molecule is CCNc1nc(Cn2cccn2)nc2sc(C)c(C)c12. The molecule has 0 spiro atoms. The molecule has 0 aromatic carbocycles. The van der Waals surface area contributed by atoms with E-state index >= 15 is 0 Å². The Kier molecular flexibility index (Phi) is 3.40. The van der Waals surface area contributed by atoms with Crippen molar-refractivity contribution in [2.24, 2.45) is 0 Å². The number of hydrogen-bond acceptors (Lipinski definition) is 5. The molecule has 0 aliphatic carbocycles. The molecule has 20 heavy (non-hydrogen) atoms. The monoisotopic (exact) mass is 287 g/mol. The zero-order chi connectivity index (χ0) is 14.1. The number of hydrogen-bond donors (Lipinski definition) is 1. The molecule has 3 rings (SSSR count). The summed E-state index contributed by atoms with van der Waals surface area (Å²) < 4.78 is 1.84. The molecule has 0 unspecified atom stereocenters. The summed E-state index contributed by atoms with van der Waals surface area (Å²) in [6.07, 6.45) is 3.69. The van der Waals surface area contributed by atoms with Gasteiger partial charge in [0.1, 0.15) is 17.2 Å². The Morgan fingerprint density at radius 3 is 2.85 bits per heavy atom. The number of nitrogens with one attached hydrogen (secondary N) is 1. The minimum atomic E-state index is 0.595. The molecule has 0 saturated carbocycles. The maximum absolute atomic E-state index is 4.68. The van der Waals surface area contributed by atoms with Gasteiger partial charge in [-0.1, -0.05) is 0 Å². The van der Waals surface area contributed by atoms with Crippen molar-refractivity contribution in [2.45, 2.75) is 27.3 Å². The van der Waals surface area contributed by atoms with Crippen molar-refractivity contribution in [2.75, 3.05) is 11.9 Å². The van der Waals surface area contributed by atoms with Gasteiger partial charge in [-0.3, -0.25) is 4.68 Å². The molecule has 1 N–H and O–H groups in total. The van der Waals surface area contributed by atoms with E-state index in [0.29, 0.717) is 6.54 Å². The summed E-state index contributed by atoms with van der Waals surface area (Å²) in [6.45, 7) is 7.78. The van der Waals surface area contributed by atoms with Crippen LogP contribution in [0.5, 0.6) is 0 Å². The number of aryl methyl sites for hydroxylation is 2. The molecule has 0 aliphatic rings. The van der Waals surface area contributed by atoms with E-state index in [0.717, 1.165) is 28.4 Å². The van der Waals surface area contributed by atoms with E-state index in [9.17, 15) is 0 Å². The van der Waals surface area contributed by atoms with Crippen LogP contribution >= 0.6 is 11.3 Å². The summed E-state index contributed by atoms with van der Waals surface area (Å²) >= 11 is 1.72. The molecule has 0 saturated heterocycles. The van der Waals surface area contributed by atoms with Crippen molar-refractivity contribution < 1.29 is 0 Å². The molecular formula is C14H17N5S. The lowest BCUT2D eigenvalue weighted by molar-refractivity contribution is 0.658. The molecule has 104 valence electrons. The summed E-state index contributed by atoms with van der Waals surface area (Å²) in [7, 11) is 0. The highest BCUT2D eigenvalue weighted by atomic mass is 32.1. The van der Waals surface area contributed by atoms with Crippen molar-refractivity contribution in [1.29, 1.82) is 0 Å². The summed E-state index contributed by atoms with van der Waals surface area (Å²) in [5, 5.41) is 8.71. The quantitative estimate of drug-likeness (QED) is 0.801. The molecule has 3 aromatic heterocycles. The Bertz CT molecular complexity index is 730. The molecule has 0 aliphatic heterocycles. The van der Waals surface area contributed by atoms with Crippen LogP contribution in [-0.2, 0) is 6.54 Å². The van der Waals surface area contributed by atoms with E-state index in [1.165, 1.54) is 10.4 Å². The highest BCUT2D eigenvalue weighted by Gasteiger charge is 2.14. The van der Waals surface area contributed by atoms with E-state index in [4.69, 9.17) is 0 Å². The predicted molar refractivity (Wildman–Crippen MR) is 82.4 cm³/mol. The molecule has 0 radical (unpaired) electrons. The van der Waals surface area contributed by atoms with Crippen molar-refractivity contribution in [3.8, 4) is 0 Å². The second-order valence-corrected chi connectivity index (χ2v) is 5.89. The Balaban J connectivity index is 2.10. The molecule has 3 aromatic rings. The van der Waals surface area contributed by atoms with Crippen LogP contribution in [0.15, 0.2) is 18.5 Å². The van der Waals surface area contributed by atoms with Crippen molar-refractivity contribution in [3.05, 3.63) is 34.7 Å². The van der Waals surface area contributed by atoms with Crippen LogP contribution in [0, 0.1) is 13.8 Å². The third-order valence-corrected chi connectivity index (χ3v) is 4.38. The lowest BCUT2D eigenvalue weighted by Gasteiger charge is -2.08. The van der Waals surface area contributed by atoms with E-state index in [-0.39, 0.29) is 0 Å². The standard InChI is InChI=1S/C14H17N5S/c1-4-15-13-12-9(2)10(3)20-14(12)18-11(17-13)8-19-7-5-6-16-19/h5-7H,4,8H2,1-3H3,(H,15,17,18). The largest absolute Gasteiger partial charge is 0.370 e. The molecule has 0 atom stereocenters. The summed E-state index contributed by atoms with van der Waals surface area (Å²) in [5.41, 5.74) is 1.27. The lowest BCUT2D eigenvalue weighted by Crippen LogP contribution is -2.08. The van der Waals surface area contributed by atoms with Crippen molar-refractivity contribution in [1.82, 2.24) is 19.7 Å². The molecule has 0 bridgehead atoms. The fraction of sp³-hybridized carbons (Fsp3) is 0.357. The van der Waals surface area contributed by atoms with Gasteiger partial charge in [0.2, 0.25) is 0 Å². The van der Waals surface area contributed by atoms with Gasteiger partial charge in [0.25, 0.3) is 0 Å². The van der Waals surface area contributed by atoms with Gasteiger partial charge in [-0.15, -0.1) is 11.3 Å². The van der Waals surface area contributed by atoms with Gasteiger partial charge in [-0.25, -0.2) is 9.97 Å². The number of rotatable bonds is 4. The molecule has 0 amide bonds. The van der Waals surface area contributed by atoms with E-state index < -0.39 is 0 Å². The number of anilines is 1. The van der Waals surface area contributed by atoms with Crippen LogP contribution in [0.2, 0.25) is 0 Å². The van der Waals surface area contributed by atoms with E-state index in [1.54, 1.807) is 17.5 Å². The number of thiophene rings is 1. The van der Waals surface area contributed by atoms with Gasteiger partial charge < -0.3 is 5.32 Å². The van der Waals surface area contributed by atoms with Crippen LogP contribution in [0.4, 0.5) is 5.82 Å². The fourth-order valence-corrected chi connectivity index (χ4v) is 3.25. The Morgan fingerprint density at radius 2 is 2.15 bits per heavy atom. The maximum atomic E-state index is 4.68. The second-order valence-electron chi connectivity index (χ2n) is 4.69. The van der Waals surface area contributed by atoms with Gasteiger partial charge in [0.05, 0.1) is 5.39 Å². The number of fused-ring (bicyclic) bond motifs is 1. The maximum Gasteiger partial charge on any atom is 0.153 e. The Morgan fingerprint density at radius 1 is 1.30 bits per heavy atom. The normalized spacial score (nSPS) is 11.2. The average Bonchev–Trinajstić information content (AvgIpc) is 3.00. The first kappa shape index (κ1) is 13.1. The minimum absolute atomic E-state index is 0.595. The third-order valence-electron chi connectivity index (χ3n) is 3.28. The Hall–Kier alpha value is -1.95. The summed E-state index contributed by atoms with van der Waals surface area (Å²) in [5.74, 6) is 1.72. The summed E-state index contributed by atoms with van der Waals surface area (Å²) in [4.78, 5) is 11.7. The third kappa shape index (κ3) is 2.27. The lowest BCUT2D eigenvalue weighted by atomic mass is 10.2. The first-order valence-corrected chi connectivity index (χ1v) is 7.48. The smallest absolute Gasteiger partial charge is 0.153 e. The minimum Gasteiger partial charge on any atom is -0.370 e. The Labute approximate surface area is 121 Å². The molecule has 5 nitrogen and oxygen atoms in total. The fourth-order valence-electron chi connectivity index (χ4n) is 2.20. The average molecular weight is 287 g/mol. The molecular weight excluding hydrogens is 270 g/mol. The summed E-state index contributed by atoms with van der Waals surface area (Å²) in [6, 6.07) is 1.91. The molecule has 6 heteroatoms.